The molecule has 0 saturated carbocycles. The summed E-state index contributed by atoms with van der Waals surface area (Å²) in [4.78, 5) is 4.84. The highest BCUT2D eigenvalue weighted by Crippen LogP contribution is 2.36. The van der Waals surface area contributed by atoms with Crippen LogP contribution in [0.15, 0.2) is 97.1 Å². The van der Waals surface area contributed by atoms with Crippen molar-refractivity contribution in [3.05, 3.63) is 103 Å². The first-order chi connectivity index (χ1) is 14.3. The van der Waals surface area contributed by atoms with Crippen molar-refractivity contribution in [2.45, 2.75) is 0 Å². The van der Waals surface area contributed by atoms with Gasteiger partial charge >= 0.3 is 0 Å². The van der Waals surface area contributed by atoms with Crippen LogP contribution in [0.4, 0.5) is 0 Å². The fourth-order valence-corrected chi connectivity index (χ4v) is 4.46. The van der Waals surface area contributed by atoms with Crippen molar-refractivity contribution in [3.63, 3.8) is 0 Å². The molecule has 4 aromatic carbocycles. The maximum absolute atomic E-state index is 9.18. The summed E-state index contributed by atoms with van der Waals surface area (Å²) < 4.78 is 1.03. The predicted octanol–water partition coefficient (Wildman–Crippen LogP) is 7.17. The van der Waals surface area contributed by atoms with Crippen molar-refractivity contribution >= 4 is 21.6 Å². The minimum Gasteiger partial charge on any atom is -0.236 e. The minimum absolute atomic E-state index is 0.663. The van der Waals surface area contributed by atoms with Crippen LogP contribution in [-0.4, -0.2) is 4.98 Å². The van der Waals surface area contributed by atoms with Gasteiger partial charge in [0.05, 0.1) is 21.8 Å². The molecule has 2 nitrogen and oxygen atoms in total. The van der Waals surface area contributed by atoms with Gasteiger partial charge in [-0.05, 0) is 58.7 Å². The van der Waals surface area contributed by atoms with E-state index >= 15 is 0 Å². The summed E-state index contributed by atoms with van der Waals surface area (Å²) in [5.74, 6) is 0. The van der Waals surface area contributed by atoms with Gasteiger partial charge in [-0.25, -0.2) is 4.98 Å². The Kier molecular flexibility index (Phi) is 4.40. The Hall–Kier alpha value is -3.74. The first-order valence-corrected chi connectivity index (χ1v) is 10.2. The molecule has 0 fully saturated rings. The van der Waals surface area contributed by atoms with Crippen molar-refractivity contribution in [3.8, 4) is 38.9 Å². The second kappa shape index (κ2) is 7.35. The van der Waals surface area contributed by atoms with Gasteiger partial charge in [-0.1, -0.05) is 60.7 Å². The standard InChI is InChI=1S/C26H16N2S/c27-17-18-11-12-24-25(13-18)29-26(28-24)23-15-21(19-7-3-1-4-8-19)14-22(16-23)20-9-5-2-6-10-20/h1-16H. The molecule has 0 atom stereocenters. The van der Waals surface area contributed by atoms with Crippen LogP contribution < -0.4 is 0 Å². The molecule has 0 spiro atoms. The molecule has 136 valence electrons. The lowest BCUT2D eigenvalue weighted by molar-refractivity contribution is 1.46. The molecule has 5 rings (SSSR count). The fraction of sp³-hybridized carbons (Fsp3) is 0. The topological polar surface area (TPSA) is 36.7 Å². The lowest BCUT2D eigenvalue weighted by atomic mass is 9.96. The summed E-state index contributed by atoms with van der Waals surface area (Å²) >= 11 is 1.63. The third-order valence-corrected chi connectivity index (χ3v) is 5.98. The molecule has 1 aromatic heterocycles. The summed E-state index contributed by atoms with van der Waals surface area (Å²) in [5.41, 5.74) is 7.37. The van der Waals surface area contributed by atoms with Crippen LogP contribution in [0.3, 0.4) is 0 Å². The number of aromatic nitrogens is 1. The van der Waals surface area contributed by atoms with E-state index in [-0.39, 0.29) is 0 Å². The SMILES string of the molecule is N#Cc1ccc2nc(-c3cc(-c4ccccc4)cc(-c4ccccc4)c3)sc2c1. The van der Waals surface area contributed by atoms with E-state index < -0.39 is 0 Å². The third kappa shape index (κ3) is 3.42. The van der Waals surface area contributed by atoms with Gasteiger partial charge in [-0.2, -0.15) is 5.26 Å². The average molecular weight is 388 g/mol. The normalized spacial score (nSPS) is 10.7. The highest BCUT2D eigenvalue weighted by molar-refractivity contribution is 7.21. The Morgan fingerprint density at radius 2 is 1.21 bits per heavy atom. The molecule has 0 aliphatic rings. The van der Waals surface area contributed by atoms with Crippen LogP contribution in [-0.2, 0) is 0 Å². The Balaban J connectivity index is 1.71. The fourth-order valence-electron chi connectivity index (χ4n) is 3.46. The van der Waals surface area contributed by atoms with Gasteiger partial charge < -0.3 is 0 Å². The molecule has 0 bridgehead atoms. The maximum atomic E-state index is 9.18. The second-order valence-corrected chi connectivity index (χ2v) is 7.88. The van der Waals surface area contributed by atoms with Crippen LogP contribution >= 0.6 is 11.3 Å². The number of thiazole rings is 1. The number of nitriles is 1. The van der Waals surface area contributed by atoms with Gasteiger partial charge in [0.25, 0.3) is 0 Å². The van der Waals surface area contributed by atoms with Crippen LogP contribution in [0.25, 0.3) is 43.0 Å². The number of hydrogen-bond donors (Lipinski definition) is 0. The number of benzene rings is 4. The molecule has 5 aromatic rings. The van der Waals surface area contributed by atoms with Crippen molar-refractivity contribution in [1.82, 2.24) is 4.98 Å². The number of rotatable bonds is 3. The Morgan fingerprint density at radius 3 is 1.79 bits per heavy atom. The third-order valence-electron chi connectivity index (χ3n) is 4.91. The van der Waals surface area contributed by atoms with Crippen LogP contribution in [0, 0.1) is 11.3 Å². The van der Waals surface area contributed by atoms with E-state index in [4.69, 9.17) is 4.98 Å². The van der Waals surface area contributed by atoms with E-state index in [1.165, 1.54) is 22.3 Å². The summed E-state index contributed by atoms with van der Waals surface area (Å²) in [7, 11) is 0. The molecule has 3 heteroatoms. The first kappa shape index (κ1) is 17.4. The zero-order valence-electron chi connectivity index (χ0n) is 15.5. The highest BCUT2D eigenvalue weighted by atomic mass is 32.1. The van der Waals surface area contributed by atoms with Crippen LogP contribution in [0.2, 0.25) is 0 Å². The van der Waals surface area contributed by atoms with Crippen LogP contribution in [0.1, 0.15) is 5.56 Å². The maximum Gasteiger partial charge on any atom is 0.124 e. The van der Waals surface area contributed by atoms with Gasteiger partial charge in [0.1, 0.15) is 5.01 Å². The summed E-state index contributed by atoms with van der Waals surface area (Å²) in [6, 6.07) is 35.3. The molecular formula is C26H16N2S. The van der Waals surface area contributed by atoms with Crippen molar-refractivity contribution in [1.29, 1.82) is 5.26 Å². The molecule has 0 radical (unpaired) electrons. The quantitative estimate of drug-likeness (QED) is 0.328. The van der Waals surface area contributed by atoms with Gasteiger partial charge in [0, 0.05) is 5.56 Å². The van der Waals surface area contributed by atoms with E-state index in [0.29, 0.717) is 5.56 Å². The Morgan fingerprint density at radius 1 is 0.621 bits per heavy atom. The monoisotopic (exact) mass is 388 g/mol. The van der Waals surface area contributed by atoms with Gasteiger partial charge in [-0.3, -0.25) is 0 Å². The van der Waals surface area contributed by atoms with Gasteiger partial charge in [0.15, 0.2) is 0 Å². The lowest BCUT2D eigenvalue weighted by Gasteiger charge is -2.09. The van der Waals surface area contributed by atoms with E-state index in [9.17, 15) is 5.26 Å². The molecular weight excluding hydrogens is 372 g/mol. The van der Waals surface area contributed by atoms with E-state index in [1.54, 1.807) is 11.3 Å². The summed E-state index contributed by atoms with van der Waals surface area (Å²) in [5, 5.41) is 10.1. The van der Waals surface area contributed by atoms with Crippen molar-refractivity contribution in [2.75, 3.05) is 0 Å². The lowest BCUT2D eigenvalue weighted by Crippen LogP contribution is -1.85. The molecule has 1 heterocycles. The van der Waals surface area contributed by atoms with E-state index in [0.717, 1.165) is 20.8 Å². The molecule has 0 saturated heterocycles. The smallest absolute Gasteiger partial charge is 0.124 e. The second-order valence-electron chi connectivity index (χ2n) is 6.84. The first-order valence-electron chi connectivity index (χ1n) is 9.37. The zero-order chi connectivity index (χ0) is 19.6. The summed E-state index contributed by atoms with van der Waals surface area (Å²) in [6.45, 7) is 0. The molecule has 29 heavy (non-hydrogen) atoms. The summed E-state index contributed by atoms with van der Waals surface area (Å²) in [6.07, 6.45) is 0. The predicted molar refractivity (Wildman–Crippen MR) is 121 cm³/mol. The number of fused-ring (bicyclic) bond motifs is 1. The van der Waals surface area contributed by atoms with E-state index in [2.05, 4.69) is 72.8 Å². The molecule has 0 N–H and O–H groups in total. The molecule has 0 amide bonds. The van der Waals surface area contributed by atoms with Crippen molar-refractivity contribution < 1.29 is 0 Å². The van der Waals surface area contributed by atoms with Crippen LogP contribution in [0.5, 0.6) is 0 Å². The molecule has 0 aliphatic heterocycles. The van der Waals surface area contributed by atoms with Gasteiger partial charge in [0.2, 0.25) is 0 Å². The largest absolute Gasteiger partial charge is 0.236 e. The number of hydrogen-bond acceptors (Lipinski definition) is 3. The molecule has 0 aliphatic carbocycles. The van der Waals surface area contributed by atoms with Crippen molar-refractivity contribution in [2.24, 2.45) is 0 Å². The average Bonchev–Trinajstić information content (AvgIpc) is 3.23. The Bertz CT molecular complexity index is 1290. The Labute approximate surface area is 173 Å². The number of nitrogens with zero attached hydrogens (tertiary/aromatic N) is 2. The van der Waals surface area contributed by atoms with Gasteiger partial charge in [-0.15, -0.1) is 11.3 Å². The highest BCUT2D eigenvalue weighted by Gasteiger charge is 2.11. The minimum atomic E-state index is 0.663. The molecule has 0 unspecified atom stereocenters. The van der Waals surface area contributed by atoms with E-state index in [1.807, 2.05) is 30.3 Å². The zero-order valence-corrected chi connectivity index (χ0v) is 16.4.